The minimum absolute atomic E-state index is 0.0412. The van der Waals surface area contributed by atoms with Crippen molar-refractivity contribution < 1.29 is 27.3 Å². The van der Waals surface area contributed by atoms with Crippen molar-refractivity contribution in [1.82, 2.24) is 9.55 Å². The average Bonchev–Trinajstić information content (AvgIpc) is 2.70. The lowest BCUT2D eigenvalue weighted by Crippen LogP contribution is -2.27. The molecular weight excluding hydrogens is 424 g/mol. The Hall–Kier alpha value is -4.09. The second kappa shape index (κ2) is 8.34. The highest BCUT2D eigenvalue weighted by Crippen LogP contribution is 2.30. The van der Waals surface area contributed by atoms with Crippen molar-refractivity contribution in [1.29, 1.82) is 0 Å². The molecule has 1 heterocycles. The van der Waals surface area contributed by atoms with E-state index < -0.39 is 46.2 Å². The molecule has 160 valence electrons. The fraction of sp³-hybridized carbons (Fsp3) is 0.105. The second-order valence-electron chi connectivity index (χ2n) is 6.29. The lowest BCUT2D eigenvalue weighted by molar-refractivity contribution is -0.387. The van der Waals surface area contributed by atoms with E-state index in [0.717, 1.165) is 47.3 Å². The summed E-state index contributed by atoms with van der Waals surface area (Å²) in [5.74, 6) is -1.80. The Labute approximate surface area is 170 Å². The summed E-state index contributed by atoms with van der Waals surface area (Å²) in [6.45, 7) is -0.496. The average molecular weight is 436 g/mol. The summed E-state index contributed by atoms with van der Waals surface area (Å²) in [6.07, 6.45) is -3.45. The predicted octanol–water partition coefficient (Wildman–Crippen LogP) is 3.62. The van der Waals surface area contributed by atoms with Crippen LogP contribution in [0.25, 0.3) is 11.3 Å². The van der Waals surface area contributed by atoms with E-state index in [1.807, 2.05) is 0 Å². The van der Waals surface area contributed by atoms with Gasteiger partial charge in [-0.2, -0.15) is 17.6 Å². The highest BCUT2D eigenvalue weighted by atomic mass is 19.4. The number of nitro groups is 1. The van der Waals surface area contributed by atoms with Gasteiger partial charge in [0.15, 0.2) is 0 Å². The van der Waals surface area contributed by atoms with E-state index in [9.17, 15) is 37.3 Å². The molecule has 0 aliphatic carbocycles. The molecule has 0 aliphatic heterocycles. The van der Waals surface area contributed by atoms with Gasteiger partial charge in [-0.3, -0.25) is 24.3 Å². The van der Waals surface area contributed by atoms with Crippen LogP contribution in [0.5, 0.6) is 0 Å². The minimum Gasteiger partial charge on any atom is -0.324 e. The number of anilines is 1. The number of amides is 1. The van der Waals surface area contributed by atoms with Crippen LogP contribution < -0.4 is 10.9 Å². The van der Waals surface area contributed by atoms with Crippen LogP contribution in [0.2, 0.25) is 0 Å². The number of alkyl halides is 3. The van der Waals surface area contributed by atoms with Crippen LogP contribution in [0, 0.1) is 15.9 Å². The third kappa shape index (κ3) is 5.10. The van der Waals surface area contributed by atoms with Gasteiger partial charge >= 0.3 is 11.9 Å². The fourth-order valence-electron chi connectivity index (χ4n) is 2.62. The lowest BCUT2D eigenvalue weighted by Gasteiger charge is -2.09. The predicted molar refractivity (Wildman–Crippen MR) is 101 cm³/mol. The molecule has 0 spiro atoms. The van der Waals surface area contributed by atoms with Crippen molar-refractivity contribution in [2.45, 2.75) is 12.7 Å². The van der Waals surface area contributed by atoms with Gasteiger partial charge in [0.25, 0.3) is 5.56 Å². The number of benzene rings is 2. The van der Waals surface area contributed by atoms with Gasteiger partial charge in [0.1, 0.15) is 6.54 Å². The van der Waals surface area contributed by atoms with Crippen LogP contribution in [-0.4, -0.2) is 20.4 Å². The largest absolute Gasteiger partial charge is 0.416 e. The Balaban J connectivity index is 1.73. The van der Waals surface area contributed by atoms with Gasteiger partial charge in [-0.05, 0) is 24.3 Å². The fourth-order valence-corrected chi connectivity index (χ4v) is 2.62. The SMILES string of the molecule is O=C(Cn1cnc(-c2ccc(C(F)(F)F)cc2)cc1=O)Nc1ccc(F)c([N+](=O)[O-])c1. The molecule has 3 rings (SSSR count). The number of hydrogen-bond donors (Lipinski definition) is 1. The van der Waals surface area contributed by atoms with E-state index >= 15 is 0 Å². The van der Waals surface area contributed by atoms with Gasteiger partial charge in [-0.1, -0.05) is 12.1 Å². The quantitative estimate of drug-likeness (QED) is 0.374. The summed E-state index contributed by atoms with van der Waals surface area (Å²) in [7, 11) is 0. The van der Waals surface area contributed by atoms with Gasteiger partial charge in [0, 0.05) is 23.4 Å². The van der Waals surface area contributed by atoms with E-state index in [-0.39, 0.29) is 16.9 Å². The highest BCUT2D eigenvalue weighted by Gasteiger charge is 2.30. The number of aromatic nitrogens is 2. The molecule has 3 aromatic rings. The number of nitrogens with one attached hydrogen (secondary N) is 1. The molecule has 1 amide bonds. The number of hydrogen-bond acceptors (Lipinski definition) is 5. The molecule has 0 aliphatic rings. The highest BCUT2D eigenvalue weighted by molar-refractivity contribution is 5.90. The summed E-state index contributed by atoms with van der Waals surface area (Å²) >= 11 is 0. The van der Waals surface area contributed by atoms with Crippen LogP contribution >= 0.6 is 0 Å². The number of rotatable bonds is 5. The number of nitrogens with zero attached hydrogens (tertiary/aromatic N) is 3. The van der Waals surface area contributed by atoms with Gasteiger partial charge in [0.05, 0.1) is 22.5 Å². The van der Waals surface area contributed by atoms with E-state index in [1.165, 1.54) is 12.1 Å². The van der Waals surface area contributed by atoms with Crippen molar-refractivity contribution in [3.8, 4) is 11.3 Å². The van der Waals surface area contributed by atoms with E-state index in [1.54, 1.807) is 0 Å². The first kappa shape index (κ1) is 21.6. The molecule has 8 nitrogen and oxygen atoms in total. The number of nitro benzene ring substituents is 1. The van der Waals surface area contributed by atoms with Gasteiger partial charge in [0.2, 0.25) is 11.7 Å². The van der Waals surface area contributed by atoms with E-state index in [4.69, 9.17) is 0 Å². The Morgan fingerprint density at radius 3 is 2.39 bits per heavy atom. The van der Waals surface area contributed by atoms with Crippen molar-refractivity contribution in [2.75, 3.05) is 5.32 Å². The molecule has 0 unspecified atom stereocenters. The van der Waals surface area contributed by atoms with Gasteiger partial charge < -0.3 is 5.32 Å². The maximum absolute atomic E-state index is 13.4. The van der Waals surface area contributed by atoms with Crippen molar-refractivity contribution in [2.24, 2.45) is 0 Å². The first-order valence-electron chi connectivity index (χ1n) is 8.52. The lowest BCUT2D eigenvalue weighted by atomic mass is 10.1. The Morgan fingerprint density at radius 2 is 1.81 bits per heavy atom. The standard InChI is InChI=1S/C19H12F4N4O4/c20-14-6-5-13(7-16(14)27(30)31)25-17(28)9-26-10-24-15(8-18(26)29)11-1-3-12(4-2-11)19(21,22)23/h1-8,10H,9H2,(H,25,28). The number of carbonyl (C=O) groups is 1. The third-order valence-corrected chi connectivity index (χ3v) is 4.13. The maximum atomic E-state index is 13.4. The molecule has 0 saturated carbocycles. The molecule has 0 atom stereocenters. The number of carbonyl (C=O) groups excluding carboxylic acids is 1. The molecule has 2 aromatic carbocycles. The zero-order chi connectivity index (χ0) is 22.8. The first-order chi connectivity index (χ1) is 14.5. The molecule has 31 heavy (non-hydrogen) atoms. The van der Waals surface area contributed by atoms with Crippen LogP contribution in [0.1, 0.15) is 5.56 Å². The maximum Gasteiger partial charge on any atom is 0.416 e. The summed E-state index contributed by atoms with van der Waals surface area (Å²) < 4.78 is 52.2. The van der Waals surface area contributed by atoms with Gasteiger partial charge in [-0.15, -0.1) is 0 Å². The van der Waals surface area contributed by atoms with Crippen molar-refractivity contribution in [3.05, 3.63) is 86.7 Å². The summed E-state index contributed by atoms with van der Waals surface area (Å²) in [5.41, 5.74) is -1.96. The van der Waals surface area contributed by atoms with Crippen LogP contribution in [-0.2, 0) is 17.5 Å². The van der Waals surface area contributed by atoms with Crippen LogP contribution in [0.4, 0.5) is 28.9 Å². The topological polar surface area (TPSA) is 107 Å². The second-order valence-corrected chi connectivity index (χ2v) is 6.29. The zero-order valence-corrected chi connectivity index (χ0v) is 15.4. The minimum atomic E-state index is -4.49. The van der Waals surface area contributed by atoms with Gasteiger partial charge in [-0.25, -0.2) is 4.98 Å². The Bertz CT molecular complexity index is 1210. The van der Waals surface area contributed by atoms with Crippen molar-refractivity contribution in [3.63, 3.8) is 0 Å². The van der Waals surface area contributed by atoms with Crippen LogP contribution in [0.3, 0.4) is 0 Å². The monoisotopic (exact) mass is 436 g/mol. The zero-order valence-electron chi connectivity index (χ0n) is 15.4. The molecule has 0 saturated heterocycles. The van der Waals surface area contributed by atoms with E-state index in [0.29, 0.717) is 0 Å². The summed E-state index contributed by atoms with van der Waals surface area (Å²) in [4.78, 5) is 38.1. The summed E-state index contributed by atoms with van der Waals surface area (Å²) in [5, 5.41) is 13.1. The molecule has 0 fully saturated rings. The molecular formula is C19H12F4N4O4. The first-order valence-corrected chi connectivity index (χ1v) is 8.52. The smallest absolute Gasteiger partial charge is 0.324 e. The molecule has 1 N–H and O–H groups in total. The summed E-state index contributed by atoms with van der Waals surface area (Å²) in [6, 6.07) is 7.89. The van der Waals surface area contributed by atoms with Crippen LogP contribution in [0.15, 0.2) is 59.7 Å². The molecule has 12 heteroatoms. The molecule has 0 bridgehead atoms. The number of halogens is 4. The third-order valence-electron chi connectivity index (χ3n) is 4.13. The Morgan fingerprint density at radius 1 is 1.13 bits per heavy atom. The normalized spacial score (nSPS) is 11.2. The van der Waals surface area contributed by atoms with Crippen molar-refractivity contribution >= 4 is 17.3 Å². The molecule has 0 radical (unpaired) electrons. The Kier molecular flexibility index (Phi) is 5.81. The van der Waals surface area contributed by atoms with E-state index in [2.05, 4.69) is 10.3 Å². The molecule has 1 aromatic heterocycles.